The van der Waals surface area contributed by atoms with Gasteiger partial charge in [-0.1, -0.05) is 0 Å². The van der Waals surface area contributed by atoms with E-state index in [1.165, 1.54) is 7.11 Å². The molecule has 0 fully saturated rings. The number of rotatable bonds is 5. The number of fused-ring (bicyclic) bond motifs is 1. The van der Waals surface area contributed by atoms with Crippen LogP contribution >= 0.6 is 0 Å². The number of alkyl halides is 2. The molecule has 11 heteroatoms. The van der Waals surface area contributed by atoms with Crippen LogP contribution in [0, 0.1) is 5.82 Å². The second kappa shape index (κ2) is 6.74. The SMILES string of the molecule is COC/C(O)=C(\N=Nc1cc2c(cc1F)OC(F)(F)O2)C(=O)OC. The van der Waals surface area contributed by atoms with Crippen LogP contribution in [0.15, 0.2) is 33.8 Å². The van der Waals surface area contributed by atoms with Crippen molar-refractivity contribution in [2.45, 2.75) is 6.29 Å². The molecule has 0 aliphatic carbocycles. The van der Waals surface area contributed by atoms with Crippen LogP contribution < -0.4 is 9.47 Å². The molecule has 1 N–H and O–H groups in total. The number of hydrogen-bond donors (Lipinski definition) is 1. The Morgan fingerprint density at radius 1 is 1.29 bits per heavy atom. The van der Waals surface area contributed by atoms with Crippen molar-refractivity contribution in [3.05, 3.63) is 29.4 Å². The second-order valence-corrected chi connectivity index (χ2v) is 4.34. The Balaban J connectivity index is 2.34. The van der Waals surface area contributed by atoms with Gasteiger partial charge in [0, 0.05) is 19.2 Å². The van der Waals surface area contributed by atoms with Crippen LogP contribution in [0.4, 0.5) is 18.9 Å². The van der Waals surface area contributed by atoms with Crippen LogP contribution in [0.5, 0.6) is 11.5 Å². The van der Waals surface area contributed by atoms with Crippen LogP contribution in [0.25, 0.3) is 0 Å². The number of azo groups is 1. The summed E-state index contributed by atoms with van der Waals surface area (Å²) in [6.45, 7) is -0.376. The van der Waals surface area contributed by atoms with Gasteiger partial charge in [-0.15, -0.1) is 19.0 Å². The molecule has 24 heavy (non-hydrogen) atoms. The molecule has 0 radical (unpaired) electrons. The van der Waals surface area contributed by atoms with Crippen molar-refractivity contribution in [1.29, 1.82) is 0 Å². The maximum atomic E-state index is 13.8. The lowest BCUT2D eigenvalue weighted by molar-refractivity contribution is -0.286. The first kappa shape index (κ1) is 17.5. The standard InChI is InChI=1S/C13H11F3N2O6/c1-21-5-8(19)11(12(20)22-2)18-17-7-4-10-9(3-6(7)14)23-13(15,16)24-10/h3-4,19H,5H2,1-2H3/b11-8+,18-17?. The number of benzene rings is 1. The number of carbonyl (C=O) groups is 1. The van der Waals surface area contributed by atoms with Gasteiger partial charge in [-0.2, -0.15) is 0 Å². The highest BCUT2D eigenvalue weighted by molar-refractivity contribution is 5.88. The zero-order valence-electron chi connectivity index (χ0n) is 12.4. The average Bonchev–Trinajstić information content (AvgIpc) is 2.80. The molecule has 0 aromatic heterocycles. The van der Waals surface area contributed by atoms with E-state index in [0.29, 0.717) is 6.07 Å². The molecule has 130 valence electrons. The Labute approximate surface area is 133 Å². The first-order valence-corrected chi connectivity index (χ1v) is 6.28. The summed E-state index contributed by atoms with van der Waals surface area (Å²) in [6.07, 6.45) is -3.92. The molecule has 0 bridgehead atoms. The van der Waals surface area contributed by atoms with Crippen molar-refractivity contribution >= 4 is 11.7 Å². The topological polar surface area (TPSA) is 98.9 Å². The number of hydrogen-bond acceptors (Lipinski definition) is 8. The van der Waals surface area contributed by atoms with Crippen LogP contribution in [0.3, 0.4) is 0 Å². The highest BCUT2D eigenvalue weighted by Crippen LogP contribution is 2.44. The fraction of sp³-hybridized carbons (Fsp3) is 0.308. The third-order valence-electron chi connectivity index (χ3n) is 2.66. The van der Waals surface area contributed by atoms with Crippen LogP contribution in [-0.4, -0.2) is 38.2 Å². The number of nitrogens with zero attached hydrogens (tertiary/aromatic N) is 2. The molecule has 0 atom stereocenters. The third kappa shape index (κ3) is 3.74. The van der Waals surface area contributed by atoms with Crippen molar-refractivity contribution in [2.24, 2.45) is 10.2 Å². The van der Waals surface area contributed by atoms with Gasteiger partial charge in [0.1, 0.15) is 12.3 Å². The third-order valence-corrected chi connectivity index (χ3v) is 2.66. The normalized spacial score (nSPS) is 16.2. The van der Waals surface area contributed by atoms with Gasteiger partial charge in [0.15, 0.2) is 23.1 Å². The summed E-state index contributed by atoms with van der Waals surface area (Å²) in [7, 11) is 2.28. The molecular weight excluding hydrogens is 337 g/mol. The molecule has 0 unspecified atom stereocenters. The molecule has 1 aliphatic rings. The minimum atomic E-state index is -3.92. The lowest BCUT2D eigenvalue weighted by Gasteiger charge is -2.04. The molecule has 8 nitrogen and oxygen atoms in total. The zero-order chi connectivity index (χ0) is 17.9. The number of esters is 1. The summed E-state index contributed by atoms with van der Waals surface area (Å²) < 4.78 is 56.9. The van der Waals surface area contributed by atoms with Crippen LogP contribution in [-0.2, 0) is 14.3 Å². The van der Waals surface area contributed by atoms with E-state index in [2.05, 4.69) is 29.2 Å². The fourth-order valence-corrected chi connectivity index (χ4v) is 1.66. The molecular formula is C13H11F3N2O6. The average molecular weight is 348 g/mol. The van der Waals surface area contributed by atoms with Crippen molar-refractivity contribution in [2.75, 3.05) is 20.8 Å². The smallest absolute Gasteiger partial charge is 0.507 e. The van der Waals surface area contributed by atoms with E-state index in [0.717, 1.165) is 13.2 Å². The Bertz CT molecular complexity index is 720. The van der Waals surface area contributed by atoms with Crippen molar-refractivity contribution in [1.82, 2.24) is 0 Å². The van der Waals surface area contributed by atoms with E-state index < -0.39 is 46.7 Å². The Morgan fingerprint density at radius 3 is 2.50 bits per heavy atom. The van der Waals surface area contributed by atoms with E-state index in [1.54, 1.807) is 0 Å². The molecule has 0 amide bonds. The van der Waals surface area contributed by atoms with E-state index in [4.69, 9.17) is 0 Å². The lowest BCUT2D eigenvalue weighted by atomic mass is 10.3. The molecule has 1 aromatic carbocycles. The Morgan fingerprint density at radius 2 is 1.92 bits per heavy atom. The number of aliphatic hydroxyl groups is 1. The summed E-state index contributed by atoms with van der Waals surface area (Å²) in [6, 6.07) is 1.43. The van der Waals surface area contributed by atoms with E-state index >= 15 is 0 Å². The lowest BCUT2D eigenvalue weighted by Crippen LogP contribution is -2.25. The Kier molecular flexibility index (Phi) is 4.93. The fourth-order valence-electron chi connectivity index (χ4n) is 1.66. The summed E-state index contributed by atoms with van der Waals surface area (Å²) in [4.78, 5) is 11.5. The molecule has 2 rings (SSSR count). The summed E-state index contributed by atoms with van der Waals surface area (Å²) >= 11 is 0. The molecule has 1 heterocycles. The van der Waals surface area contributed by atoms with Gasteiger partial charge in [-0.05, 0) is 0 Å². The maximum absolute atomic E-state index is 13.8. The number of aliphatic hydroxyl groups excluding tert-OH is 1. The minimum absolute atomic E-state index is 0.376. The zero-order valence-corrected chi connectivity index (χ0v) is 12.4. The number of carbonyl (C=O) groups excluding carboxylic acids is 1. The van der Waals surface area contributed by atoms with Gasteiger partial charge in [0.25, 0.3) is 0 Å². The Hall–Kier alpha value is -2.82. The molecule has 1 aliphatic heterocycles. The van der Waals surface area contributed by atoms with Crippen molar-refractivity contribution in [3.8, 4) is 11.5 Å². The predicted molar refractivity (Wildman–Crippen MR) is 70.7 cm³/mol. The molecule has 1 aromatic rings. The molecule has 0 saturated heterocycles. The summed E-state index contributed by atoms with van der Waals surface area (Å²) in [5.41, 5.74) is -1.16. The van der Waals surface area contributed by atoms with E-state index in [9.17, 15) is 23.1 Å². The first-order valence-electron chi connectivity index (χ1n) is 6.28. The molecule has 0 saturated carbocycles. The van der Waals surface area contributed by atoms with Crippen LogP contribution in [0.2, 0.25) is 0 Å². The predicted octanol–water partition coefficient (Wildman–Crippen LogP) is 2.82. The largest absolute Gasteiger partial charge is 0.586 e. The maximum Gasteiger partial charge on any atom is 0.586 e. The monoisotopic (exact) mass is 348 g/mol. The van der Waals surface area contributed by atoms with Gasteiger partial charge < -0.3 is 24.1 Å². The summed E-state index contributed by atoms with van der Waals surface area (Å²) in [5, 5.41) is 16.4. The molecule has 0 spiro atoms. The van der Waals surface area contributed by atoms with Crippen molar-refractivity contribution in [3.63, 3.8) is 0 Å². The quantitative estimate of drug-likeness (QED) is 0.380. The van der Waals surface area contributed by atoms with Gasteiger partial charge in [0.2, 0.25) is 5.70 Å². The van der Waals surface area contributed by atoms with Gasteiger partial charge in [-0.3, -0.25) is 0 Å². The summed E-state index contributed by atoms with van der Waals surface area (Å²) in [5.74, 6) is -3.70. The van der Waals surface area contributed by atoms with Crippen molar-refractivity contribution < 1.29 is 42.0 Å². The van der Waals surface area contributed by atoms with Crippen LogP contribution in [0.1, 0.15) is 0 Å². The first-order chi connectivity index (χ1) is 11.3. The minimum Gasteiger partial charge on any atom is -0.507 e. The van der Waals surface area contributed by atoms with Gasteiger partial charge >= 0.3 is 12.3 Å². The number of halogens is 3. The van der Waals surface area contributed by atoms with Gasteiger partial charge in [-0.25, -0.2) is 9.18 Å². The highest BCUT2D eigenvalue weighted by atomic mass is 19.3. The number of ether oxygens (including phenoxy) is 4. The second-order valence-electron chi connectivity index (χ2n) is 4.34. The highest BCUT2D eigenvalue weighted by Gasteiger charge is 2.44. The van der Waals surface area contributed by atoms with Gasteiger partial charge in [0.05, 0.1) is 7.11 Å². The number of methoxy groups -OCH3 is 2. The van der Waals surface area contributed by atoms with E-state index in [-0.39, 0.29) is 6.61 Å². The van der Waals surface area contributed by atoms with E-state index in [1.807, 2.05) is 0 Å².